The van der Waals surface area contributed by atoms with Crippen LogP contribution < -0.4 is 10.6 Å². The SMILES string of the molecule is CCN(CC)C(=O)c1cccc(NC(=O)NCCC(=O)O)c1. The number of hydrogen-bond donors (Lipinski definition) is 3. The van der Waals surface area contributed by atoms with E-state index in [1.807, 2.05) is 13.8 Å². The summed E-state index contributed by atoms with van der Waals surface area (Å²) < 4.78 is 0. The number of rotatable bonds is 7. The van der Waals surface area contributed by atoms with Crippen molar-refractivity contribution in [3.63, 3.8) is 0 Å². The van der Waals surface area contributed by atoms with Crippen LogP contribution in [0.15, 0.2) is 24.3 Å². The van der Waals surface area contributed by atoms with Gasteiger partial charge in [0.15, 0.2) is 0 Å². The van der Waals surface area contributed by atoms with Crippen LogP contribution in [-0.2, 0) is 4.79 Å². The molecule has 120 valence electrons. The number of anilines is 1. The van der Waals surface area contributed by atoms with Crippen LogP contribution in [0.1, 0.15) is 30.6 Å². The molecular formula is C15H21N3O4. The molecule has 7 nitrogen and oxygen atoms in total. The second kappa shape index (κ2) is 8.66. The number of carbonyl (C=O) groups excluding carboxylic acids is 2. The lowest BCUT2D eigenvalue weighted by Crippen LogP contribution is -2.31. The number of aliphatic carboxylic acids is 1. The zero-order valence-electron chi connectivity index (χ0n) is 12.8. The fraction of sp³-hybridized carbons (Fsp3) is 0.400. The van der Waals surface area contributed by atoms with Gasteiger partial charge >= 0.3 is 12.0 Å². The first kappa shape index (κ1) is 17.5. The van der Waals surface area contributed by atoms with Crippen molar-refractivity contribution in [1.29, 1.82) is 0 Å². The minimum absolute atomic E-state index is 0.0409. The molecule has 0 saturated carbocycles. The molecule has 0 spiro atoms. The lowest BCUT2D eigenvalue weighted by Gasteiger charge is -2.19. The first-order valence-electron chi connectivity index (χ1n) is 7.13. The van der Waals surface area contributed by atoms with Crippen molar-refractivity contribution in [2.75, 3.05) is 25.0 Å². The Morgan fingerprint density at radius 1 is 1.18 bits per heavy atom. The molecule has 3 amide bonds. The Labute approximate surface area is 129 Å². The Morgan fingerprint density at radius 3 is 2.45 bits per heavy atom. The van der Waals surface area contributed by atoms with Crippen LogP contribution >= 0.6 is 0 Å². The standard InChI is InChI=1S/C15H21N3O4/c1-3-18(4-2)14(21)11-6-5-7-12(10-11)17-15(22)16-9-8-13(19)20/h5-7,10H,3-4,8-9H2,1-2H3,(H,19,20)(H2,16,17,22). The summed E-state index contributed by atoms with van der Waals surface area (Å²) in [5.41, 5.74) is 0.970. The highest BCUT2D eigenvalue weighted by Gasteiger charge is 2.13. The van der Waals surface area contributed by atoms with Gasteiger partial charge in [-0.3, -0.25) is 9.59 Å². The minimum Gasteiger partial charge on any atom is -0.481 e. The smallest absolute Gasteiger partial charge is 0.319 e. The molecule has 0 aliphatic carbocycles. The van der Waals surface area contributed by atoms with Gasteiger partial charge in [0.1, 0.15) is 0 Å². The highest BCUT2D eigenvalue weighted by atomic mass is 16.4. The van der Waals surface area contributed by atoms with Crippen molar-refractivity contribution in [2.45, 2.75) is 20.3 Å². The number of nitrogens with one attached hydrogen (secondary N) is 2. The molecule has 1 aromatic carbocycles. The highest BCUT2D eigenvalue weighted by molar-refractivity contribution is 5.96. The van der Waals surface area contributed by atoms with Crippen molar-refractivity contribution >= 4 is 23.6 Å². The van der Waals surface area contributed by atoms with E-state index >= 15 is 0 Å². The molecular weight excluding hydrogens is 286 g/mol. The molecule has 0 aliphatic heterocycles. The van der Waals surface area contributed by atoms with E-state index < -0.39 is 12.0 Å². The molecule has 1 aromatic rings. The maximum atomic E-state index is 12.2. The van der Waals surface area contributed by atoms with Crippen LogP contribution in [0.25, 0.3) is 0 Å². The topological polar surface area (TPSA) is 98.7 Å². The average Bonchev–Trinajstić information content (AvgIpc) is 2.48. The first-order chi connectivity index (χ1) is 10.5. The summed E-state index contributed by atoms with van der Waals surface area (Å²) in [6, 6.07) is 6.12. The third-order valence-corrected chi connectivity index (χ3v) is 3.04. The number of nitrogens with zero attached hydrogens (tertiary/aromatic N) is 1. The molecule has 0 bridgehead atoms. The second-order valence-corrected chi connectivity index (χ2v) is 4.58. The minimum atomic E-state index is -0.980. The molecule has 0 aliphatic rings. The van der Waals surface area contributed by atoms with E-state index in [1.165, 1.54) is 0 Å². The zero-order chi connectivity index (χ0) is 16.5. The fourth-order valence-electron chi connectivity index (χ4n) is 1.88. The Balaban J connectivity index is 2.66. The van der Waals surface area contributed by atoms with Gasteiger partial charge in [-0.25, -0.2) is 4.79 Å². The summed E-state index contributed by atoms with van der Waals surface area (Å²) in [5.74, 6) is -1.08. The Hall–Kier alpha value is -2.57. The molecule has 0 saturated heterocycles. The van der Waals surface area contributed by atoms with E-state index in [0.717, 1.165) is 0 Å². The van der Waals surface area contributed by atoms with Gasteiger partial charge in [0.2, 0.25) is 0 Å². The molecule has 0 aromatic heterocycles. The molecule has 1 rings (SSSR count). The maximum Gasteiger partial charge on any atom is 0.319 e. The Kier molecular flexibility index (Phi) is 6.88. The number of hydrogen-bond acceptors (Lipinski definition) is 3. The van der Waals surface area contributed by atoms with Crippen LogP contribution in [-0.4, -0.2) is 47.5 Å². The molecule has 0 radical (unpaired) electrons. The van der Waals surface area contributed by atoms with Gasteiger partial charge < -0.3 is 20.6 Å². The van der Waals surface area contributed by atoms with Crippen molar-refractivity contribution in [3.8, 4) is 0 Å². The van der Waals surface area contributed by atoms with Crippen LogP contribution in [0, 0.1) is 0 Å². The average molecular weight is 307 g/mol. The Morgan fingerprint density at radius 2 is 1.86 bits per heavy atom. The fourth-order valence-corrected chi connectivity index (χ4v) is 1.88. The first-order valence-corrected chi connectivity index (χ1v) is 7.13. The number of carbonyl (C=O) groups is 3. The van der Waals surface area contributed by atoms with Crippen LogP contribution in [0.2, 0.25) is 0 Å². The molecule has 3 N–H and O–H groups in total. The number of carboxylic acids is 1. The van der Waals surface area contributed by atoms with E-state index in [1.54, 1.807) is 29.2 Å². The summed E-state index contributed by atoms with van der Waals surface area (Å²) in [4.78, 5) is 35.9. The third kappa shape index (κ3) is 5.43. The lowest BCUT2D eigenvalue weighted by atomic mass is 10.1. The van der Waals surface area contributed by atoms with E-state index in [-0.39, 0.29) is 18.9 Å². The number of carboxylic acid groups (broad SMARTS) is 1. The molecule has 22 heavy (non-hydrogen) atoms. The van der Waals surface area contributed by atoms with Crippen molar-refractivity contribution in [3.05, 3.63) is 29.8 Å². The number of benzene rings is 1. The van der Waals surface area contributed by atoms with Gasteiger partial charge in [0.25, 0.3) is 5.91 Å². The third-order valence-electron chi connectivity index (χ3n) is 3.04. The van der Waals surface area contributed by atoms with E-state index in [4.69, 9.17) is 5.11 Å². The van der Waals surface area contributed by atoms with E-state index in [2.05, 4.69) is 10.6 Å². The normalized spacial score (nSPS) is 9.91. The van der Waals surface area contributed by atoms with E-state index in [0.29, 0.717) is 24.3 Å². The van der Waals surface area contributed by atoms with Gasteiger partial charge in [-0.2, -0.15) is 0 Å². The summed E-state index contributed by atoms with van der Waals surface area (Å²) in [6.45, 7) is 5.07. The van der Waals surface area contributed by atoms with Crippen molar-refractivity contribution < 1.29 is 19.5 Å². The quantitative estimate of drug-likeness (QED) is 0.715. The van der Waals surface area contributed by atoms with Gasteiger partial charge in [-0.15, -0.1) is 0 Å². The molecule has 0 unspecified atom stereocenters. The van der Waals surface area contributed by atoms with E-state index in [9.17, 15) is 14.4 Å². The van der Waals surface area contributed by atoms with Crippen LogP contribution in [0.3, 0.4) is 0 Å². The summed E-state index contributed by atoms with van der Waals surface area (Å²) in [6.07, 6.45) is -0.145. The largest absolute Gasteiger partial charge is 0.481 e. The summed E-state index contributed by atoms with van der Waals surface area (Å²) in [5, 5.41) is 13.5. The van der Waals surface area contributed by atoms with Crippen LogP contribution in [0.5, 0.6) is 0 Å². The van der Waals surface area contributed by atoms with Gasteiger partial charge in [0.05, 0.1) is 6.42 Å². The van der Waals surface area contributed by atoms with Gasteiger partial charge in [-0.05, 0) is 32.0 Å². The predicted octanol–water partition coefficient (Wildman–Crippen LogP) is 1.76. The highest BCUT2D eigenvalue weighted by Crippen LogP contribution is 2.12. The predicted molar refractivity (Wildman–Crippen MR) is 83.0 cm³/mol. The molecule has 0 atom stereocenters. The number of urea groups is 1. The zero-order valence-corrected chi connectivity index (χ0v) is 12.8. The summed E-state index contributed by atoms with van der Waals surface area (Å²) in [7, 11) is 0. The second-order valence-electron chi connectivity index (χ2n) is 4.58. The van der Waals surface area contributed by atoms with Crippen LogP contribution in [0.4, 0.5) is 10.5 Å². The molecule has 7 heteroatoms. The van der Waals surface area contributed by atoms with Crippen molar-refractivity contribution in [2.24, 2.45) is 0 Å². The Bertz CT molecular complexity index is 541. The van der Waals surface area contributed by atoms with Crippen molar-refractivity contribution in [1.82, 2.24) is 10.2 Å². The monoisotopic (exact) mass is 307 g/mol. The van der Waals surface area contributed by atoms with Gasteiger partial charge in [-0.1, -0.05) is 6.07 Å². The molecule has 0 heterocycles. The maximum absolute atomic E-state index is 12.2. The lowest BCUT2D eigenvalue weighted by molar-refractivity contribution is -0.136. The molecule has 0 fully saturated rings. The van der Waals surface area contributed by atoms with Gasteiger partial charge in [0, 0.05) is 30.9 Å². The summed E-state index contributed by atoms with van der Waals surface area (Å²) >= 11 is 0. The number of amides is 3.